The van der Waals surface area contributed by atoms with Gasteiger partial charge >= 0.3 is 0 Å². The van der Waals surface area contributed by atoms with Crippen LogP contribution in [-0.2, 0) is 17.6 Å². The average Bonchev–Trinajstić information content (AvgIpc) is 3.02. The van der Waals surface area contributed by atoms with Crippen molar-refractivity contribution >= 4 is 28.8 Å². The SMILES string of the molecule is CCCCC[C@H](O)CC[C@@H]1[C@H]2Cc3cccc(OCC(=O)NI)c3C[C@@H]2C[C@H]1O. The molecule has 1 aromatic carbocycles. The monoisotopic (exact) mass is 515 g/mol. The van der Waals surface area contributed by atoms with Crippen molar-refractivity contribution in [3.63, 3.8) is 0 Å². The summed E-state index contributed by atoms with van der Waals surface area (Å²) in [6, 6.07) is 6.08. The van der Waals surface area contributed by atoms with Crippen LogP contribution in [-0.4, -0.2) is 34.9 Å². The van der Waals surface area contributed by atoms with Crippen molar-refractivity contribution in [1.82, 2.24) is 3.53 Å². The summed E-state index contributed by atoms with van der Waals surface area (Å²) in [7, 11) is 0. The van der Waals surface area contributed by atoms with Crippen molar-refractivity contribution in [3.8, 4) is 5.75 Å². The Kier molecular flexibility index (Phi) is 8.62. The number of halogens is 1. The van der Waals surface area contributed by atoms with Gasteiger partial charge in [0.1, 0.15) is 5.75 Å². The molecule has 3 N–H and O–H groups in total. The third-order valence-corrected chi connectivity index (χ3v) is 7.39. The highest BCUT2D eigenvalue weighted by atomic mass is 127. The molecule has 0 saturated heterocycles. The number of carbonyl (C=O) groups is 1. The van der Waals surface area contributed by atoms with Gasteiger partial charge in [0.2, 0.25) is 0 Å². The van der Waals surface area contributed by atoms with Crippen LogP contribution in [0.5, 0.6) is 5.75 Å². The smallest absolute Gasteiger partial charge is 0.266 e. The number of rotatable bonds is 10. The normalized spacial score (nSPS) is 26.5. The lowest BCUT2D eigenvalue weighted by Crippen LogP contribution is -2.28. The minimum Gasteiger partial charge on any atom is -0.483 e. The number of aliphatic hydroxyl groups excluding tert-OH is 2. The molecule has 162 valence electrons. The summed E-state index contributed by atoms with van der Waals surface area (Å²) in [5.74, 6) is 1.83. The van der Waals surface area contributed by atoms with Gasteiger partial charge in [-0.15, -0.1) is 0 Å². The highest BCUT2D eigenvalue weighted by Gasteiger charge is 2.44. The van der Waals surface area contributed by atoms with Crippen LogP contribution in [0.4, 0.5) is 0 Å². The van der Waals surface area contributed by atoms with E-state index in [0.29, 0.717) is 11.8 Å². The molecule has 0 spiro atoms. The molecule has 1 saturated carbocycles. The van der Waals surface area contributed by atoms with E-state index in [9.17, 15) is 15.0 Å². The molecule has 0 aromatic heterocycles. The lowest BCUT2D eigenvalue weighted by molar-refractivity contribution is -0.120. The van der Waals surface area contributed by atoms with Gasteiger partial charge in [0.25, 0.3) is 5.91 Å². The van der Waals surface area contributed by atoms with Crippen LogP contribution < -0.4 is 8.27 Å². The first-order chi connectivity index (χ1) is 14.0. The van der Waals surface area contributed by atoms with E-state index in [-0.39, 0.29) is 30.6 Å². The molecule has 3 rings (SSSR count). The molecule has 0 radical (unpaired) electrons. The van der Waals surface area contributed by atoms with Crippen molar-refractivity contribution in [3.05, 3.63) is 29.3 Å². The quantitative estimate of drug-likeness (QED) is 0.251. The van der Waals surface area contributed by atoms with Crippen LogP contribution in [0.15, 0.2) is 18.2 Å². The summed E-state index contributed by atoms with van der Waals surface area (Å²) in [5, 5.41) is 21.0. The molecule has 1 fully saturated rings. The molecule has 0 heterocycles. The van der Waals surface area contributed by atoms with Crippen molar-refractivity contribution in [1.29, 1.82) is 0 Å². The van der Waals surface area contributed by atoms with Gasteiger partial charge in [-0.3, -0.25) is 8.32 Å². The zero-order chi connectivity index (χ0) is 20.8. The van der Waals surface area contributed by atoms with E-state index in [1.54, 1.807) is 0 Å². The number of fused-ring (bicyclic) bond motifs is 2. The molecular formula is C23H34INO4. The van der Waals surface area contributed by atoms with E-state index in [1.165, 1.54) is 24.0 Å². The van der Waals surface area contributed by atoms with Crippen LogP contribution >= 0.6 is 22.9 Å². The second-order valence-electron chi connectivity index (χ2n) is 8.73. The molecule has 1 aromatic rings. The molecule has 1 amide bonds. The molecule has 2 aliphatic rings. The Balaban J connectivity index is 1.62. The van der Waals surface area contributed by atoms with Gasteiger partial charge in [-0.1, -0.05) is 38.3 Å². The maximum atomic E-state index is 11.5. The fourth-order valence-corrected chi connectivity index (χ4v) is 5.42. The van der Waals surface area contributed by atoms with E-state index < -0.39 is 0 Å². The highest BCUT2D eigenvalue weighted by molar-refractivity contribution is 14.1. The zero-order valence-corrected chi connectivity index (χ0v) is 19.4. The van der Waals surface area contributed by atoms with Gasteiger partial charge in [-0.25, -0.2) is 0 Å². The summed E-state index contributed by atoms with van der Waals surface area (Å²) in [6.07, 6.45) is 8.14. The minimum absolute atomic E-state index is 0.0225. The third-order valence-electron chi connectivity index (χ3n) is 6.78. The first-order valence-corrected chi connectivity index (χ1v) is 12.1. The minimum atomic E-state index is -0.281. The van der Waals surface area contributed by atoms with E-state index in [0.717, 1.165) is 50.7 Å². The molecule has 6 heteroatoms. The molecule has 5 atom stereocenters. The van der Waals surface area contributed by atoms with E-state index in [4.69, 9.17) is 4.74 Å². The number of unbranched alkanes of at least 4 members (excludes halogenated alkanes) is 2. The second-order valence-corrected chi connectivity index (χ2v) is 9.27. The van der Waals surface area contributed by atoms with Gasteiger partial charge in [-0.05, 0) is 73.5 Å². The Bertz CT molecular complexity index is 683. The molecule has 0 aliphatic heterocycles. The summed E-state index contributed by atoms with van der Waals surface area (Å²) in [6.45, 7) is 2.20. The fourth-order valence-electron chi connectivity index (χ4n) is 5.27. The molecule has 5 nitrogen and oxygen atoms in total. The summed E-state index contributed by atoms with van der Waals surface area (Å²) >= 11 is 1.82. The molecule has 0 unspecified atom stereocenters. The number of benzene rings is 1. The van der Waals surface area contributed by atoms with Crippen LogP contribution in [0.1, 0.15) is 63.0 Å². The zero-order valence-electron chi connectivity index (χ0n) is 17.3. The number of nitrogens with one attached hydrogen (secondary N) is 1. The number of hydrogen-bond donors (Lipinski definition) is 3. The van der Waals surface area contributed by atoms with Crippen LogP contribution in [0.25, 0.3) is 0 Å². The molecule has 0 bridgehead atoms. The van der Waals surface area contributed by atoms with Crippen LogP contribution in [0.3, 0.4) is 0 Å². The Hall–Kier alpha value is -0.860. The molecule has 29 heavy (non-hydrogen) atoms. The number of amides is 1. The van der Waals surface area contributed by atoms with Crippen molar-refractivity contribution in [2.24, 2.45) is 17.8 Å². The lowest BCUT2D eigenvalue weighted by Gasteiger charge is -2.32. The first kappa shape index (κ1) is 22.8. The predicted molar refractivity (Wildman–Crippen MR) is 122 cm³/mol. The number of hydrogen-bond acceptors (Lipinski definition) is 4. The second kappa shape index (κ2) is 11.0. The van der Waals surface area contributed by atoms with Crippen LogP contribution in [0.2, 0.25) is 0 Å². The fraction of sp³-hybridized carbons (Fsp3) is 0.696. The van der Waals surface area contributed by atoms with Crippen molar-refractivity contribution < 1.29 is 19.7 Å². The number of carbonyl (C=O) groups excluding carboxylic acids is 1. The summed E-state index contributed by atoms with van der Waals surface area (Å²) < 4.78 is 8.33. The highest BCUT2D eigenvalue weighted by Crippen LogP contribution is 2.48. The van der Waals surface area contributed by atoms with Gasteiger partial charge < -0.3 is 14.9 Å². The van der Waals surface area contributed by atoms with Crippen molar-refractivity contribution in [2.75, 3.05) is 6.61 Å². The average molecular weight is 515 g/mol. The van der Waals surface area contributed by atoms with Gasteiger partial charge in [0, 0.05) is 0 Å². The third kappa shape index (κ3) is 5.85. The Morgan fingerprint density at radius 2 is 2.14 bits per heavy atom. The first-order valence-electron chi connectivity index (χ1n) is 11.0. The Morgan fingerprint density at radius 1 is 1.31 bits per heavy atom. The lowest BCUT2D eigenvalue weighted by atomic mass is 9.73. The summed E-state index contributed by atoms with van der Waals surface area (Å²) in [5.41, 5.74) is 2.48. The van der Waals surface area contributed by atoms with Gasteiger partial charge in [0.15, 0.2) is 6.61 Å². The van der Waals surface area contributed by atoms with E-state index in [1.807, 2.05) is 35.0 Å². The van der Waals surface area contributed by atoms with Crippen LogP contribution in [0, 0.1) is 17.8 Å². The largest absolute Gasteiger partial charge is 0.483 e. The Morgan fingerprint density at radius 3 is 2.90 bits per heavy atom. The Labute approximate surface area is 188 Å². The molecular weight excluding hydrogens is 481 g/mol. The van der Waals surface area contributed by atoms with Crippen molar-refractivity contribution in [2.45, 2.75) is 76.9 Å². The van der Waals surface area contributed by atoms with Gasteiger partial charge in [-0.2, -0.15) is 0 Å². The van der Waals surface area contributed by atoms with Gasteiger partial charge in [0.05, 0.1) is 35.1 Å². The maximum absolute atomic E-state index is 11.5. The van der Waals surface area contributed by atoms with E-state index >= 15 is 0 Å². The predicted octanol–water partition coefficient (Wildman–Crippen LogP) is 3.96. The standard InChI is InChI=1S/C23H34INO4/c1-2-3-4-7-17(26)9-10-18-19-11-15-6-5-8-22(29-14-23(28)25-24)20(15)12-16(19)13-21(18)27/h5-6,8,16-19,21,26-27H,2-4,7,9-14H2,1H3,(H,25,28)/t16-,17+,18-,19+,21-/m1/s1. The van der Waals surface area contributed by atoms with E-state index in [2.05, 4.69) is 16.5 Å². The number of ether oxygens (including phenoxy) is 1. The molecule has 2 aliphatic carbocycles. The maximum Gasteiger partial charge on any atom is 0.266 e. The summed E-state index contributed by atoms with van der Waals surface area (Å²) in [4.78, 5) is 11.5. The number of aliphatic hydroxyl groups is 2. The topological polar surface area (TPSA) is 78.8 Å².